The minimum Gasteiger partial charge on any atom is -0.359 e. The molecule has 4 aliphatic carbocycles. The molecule has 4 saturated carbocycles. The molecule has 36 heavy (non-hydrogen) atoms. The van der Waals surface area contributed by atoms with E-state index < -0.39 is 6.04 Å². The summed E-state index contributed by atoms with van der Waals surface area (Å²) in [7, 11) is 1.58. The van der Waals surface area contributed by atoms with Gasteiger partial charge in [0, 0.05) is 36.5 Å². The molecule has 5 unspecified atom stereocenters. The van der Waals surface area contributed by atoms with Gasteiger partial charge in [-0.15, -0.1) is 11.8 Å². The Balaban J connectivity index is 0.970. The number of thioether (sulfide) groups is 1. The van der Waals surface area contributed by atoms with Crippen molar-refractivity contribution >= 4 is 29.9 Å². The topological polar surface area (TPSA) is 78.5 Å². The van der Waals surface area contributed by atoms with Crippen LogP contribution in [0.4, 0.5) is 0 Å². The number of nitrogens with zero attached hydrogens (tertiary/aromatic N) is 1. The number of amides is 2. The zero-order valence-electron chi connectivity index (χ0n) is 21.3. The molecular weight excluding hydrogens is 470 g/mol. The number of hydrogen-bond donors (Lipinski definition) is 2. The Morgan fingerprint density at radius 3 is 2.69 bits per heavy atom. The van der Waals surface area contributed by atoms with Gasteiger partial charge in [-0.25, -0.2) is 0 Å². The first-order chi connectivity index (χ1) is 17.5. The first-order valence-corrected chi connectivity index (χ1v) is 15.0. The normalized spacial score (nSPS) is 33.9. The van der Waals surface area contributed by atoms with Crippen molar-refractivity contribution in [3.05, 3.63) is 29.3 Å². The van der Waals surface area contributed by atoms with Crippen LogP contribution >= 0.6 is 11.8 Å². The predicted molar refractivity (Wildman–Crippen MR) is 141 cm³/mol. The minimum absolute atomic E-state index is 0.0985. The maximum atomic E-state index is 13.0. The van der Waals surface area contributed by atoms with Crippen molar-refractivity contribution in [3.8, 4) is 0 Å². The first kappa shape index (κ1) is 24.5. The minimum atomic E-state index is -0.568. The van der Waals surface area contributed by atoms with Gasteiger partial charge >= 0.3 is 0 Å². The fraction of sp³-hybridized carbons (Fsp3) is 0.690. The van der Waals surface area contributed by atoms with E-state index in [0.29, 0.717) is 18.5 Å². The second-order valence-corrected chi connectivity index (χ2v) is 13.1. The molecule has 7 heteroatoms. The molecule has 194 valence electrons. The Labute approximate surface area is 218 Å². The average molecular weight is 510 g/mol. The number of carbonyl (C=O) groups is 3. The van der Waals surface area contributed by atoms with Gasteiger partial charge < -0.3 is 20.3 Å². The van der Waals surface area contributed by atoms with E-state index >= 15 is 0 Å². The highest BCUT2D eigenvalue weighted by Gasteiger charge is 2.68. The summed E-state index contributed by atoms with van der Waals surface area (Å²) in [5.41, 5.74) is 2.53. The van der Waals surface area contributed by atoms with Crippen LogP contribution in [0.25, 0.3) is 0 Å². The third-order valence-electron chi connectivity index (χ3n) is 10.3. The Kier molecular flexibility index (Phi) is 6.65. The molecule has 1 spiro atoms. The molecule has 2 N–H and O–H groups in total. The lowest BCUT2D eigenvalue weighted by Crippen LogP contribution is -2.45. The number of fused-ring (bicyclic) bond motifs is 3. The van der Waals surface area contributed by atoms with Crippen molar-refractivity contribution < 1.29 is 14.4 Å². The standard InChI is InChI=1S/C29H39N3O3S/c1-30-26(34)8-7-22(17-33)32-16-24-23(28(32)35)5-4-6-25(24)36-10-3-2-9-31-27-18-11-20-13-21-12-19(27)15-29(20,21)14-18/h4-6,17-22,27,31H,2-3,7-16H2,1H3,(H,30,34). The molecule has 0 aromatic heterocycles. The number of hydrogen-bond acceptors (Lipinski definition) is 5. The van der Waals surface area contributed by atoms with Crippen molar-refractivity contribution in [1.29, 1.82) is 0 Å². The number of benzene rings is 1. The summed E-state index contributed by atoms with van der Waals surface area (Å²) in [6.07, 6.45) is 11.3. The lowest BCUT2D eigenvalue weighted by atomic mass is 9.56. The number of carbonyl (C=O) groups excluding carboxylic acids is 3. The number of aldehydes is 1. The van der Waals surface area contributed by atoms with Crippen LogP contribution in [0, 0.1) is 29.1 Å². The van der Waals surface area contributed by atoms with E-state index in [9.17, 15) is 14.4 Å². The summed E-state index contributed by atoms with van der Waals surface area (Å²) in [4.78, 5) is 39.1. The summed E-state index contributed by atoms with van der Waals surface area (Å²) < 4.78 is 0. The monoisotopic (exact) mass is 509 g/mol. The SMILES string of the molecule is CNC(=O)CCC(C=O)N1Cc2c(SCCCCNC3C4CC5CC6CC3CC56C4)cccc2C1=O. The molecule has 0 radical (unpaired) electrons. The fourth-order valence-electron chi connectivity index (χ4n) is 8.65. The molecule has 1 aliphatic heterocycles. The van der Waals surface area contributed by atoms with Gasteiger partial charge in [-0.2, -0.15) is 0 Å². The van der Waals surface area contributed by atoms with Gasteiger partial charge in [0.2, 0.25) is 5.91 Å². The largest absolute Gasteiger partial charge is 0.359 e. The van der Waals surface area contributed by atoms with Crippen LogP contribution in [0.1, 0.15) is 73.7 Å². The second kappa shape index (κ2) is 9.79. The molecule has 1 heterocycles. The molecule has 3 bridgehead atoms. The molecule has 6 nitrogen and oxygen atoms in total. The molecule has 5 aliphatic rings. The molecule has 1 aromatic carbocycles. The van der Waals surface area contributed by atoms with E-state index in [1.54, 1.807) is 11.9 Å². The fourth-order valence-corrected chi connectivity index (χ4v) is 9.74. The van der Waals surface area contributed by atoms with Crippen LogP contribution in [0.2, 0.25) is 0 Å². The van der Waals surface area contributed by atoms with E-state index in [4.69, 9.17) is 0 Å². The van der Waals surface area contributed by atoms with Crippen molar-refractivity contribution in [2.24, 2.45) is 29.1 Å². The molecule has 6 rings (SSSR count). The van der Waals surface area contributed by atoms with Crippen molar-refractivity contribution in [2.45, 2.75) is 81.3 Å². The average Bonchev–Trinajstić information content (AvgIpc) is 3.43. The Morgan fingerprint density at radius 1 is 1.19 bits per heavy atom. The lowest BCUT2D eigenvalue weighted by molar-refractivity contribution is -0.121. The summed E-state index contributed by atoms with van der Waals surface area (Å²) in [5, 5.41) is 6.57. The third-order valence-corrected chi connectivity index (χ3v) is 11.5. The molecule has 5 atom stereocenters. The third kappa shape index (κ3) is 4.01. The molecule has 0 saturated heterocycles. The van der Waals surface area contributed by atoms with E-state index in [-0.39, 0.29) is 18.2 Å². The van der Waals surface area contributed by atoms with Crippen LogP contribution < -0.4 is 10.6 Å². The van der Waals surface area contributed by atoms with E-state index in [0.717, 1.165) is 70.6 Å². The number of unbranched alkanes of at least 4 members (excludes halogenated alkanes) is 1. The van der Waals surface area contributed by atoms with Crippen LogP contribution in [-0.2, 0) is 16.1 Å². The van der Waals surface area contributed by atoms with E-state index in [1.165, 1.54) is 38.5 Å². The van der Waals surface area contributed by atoms with Crippen LogP contribution in [-0.4, -0.2) is 54.4 Å². The quantitative estimate of drug-likeness (QED) is 0.253. The lowest BCUT2D eigenvalue weighted by Gasteiger charge is -2.49. The van der Waals surface area contributed by atoms with Crippen molar-refractivity contribution in [1.82, 2.24) is 15.5 Å². The van der Waals surface area contributed by atoms with Gasteiger partial charge in [0.25, 0.3) is 5.91 Å². The second-order valence-electron chi connectivity index (χ2n) is 11.9. The Morgan fingerprint density at radius 2 is 1.97 bits per heavy atom. The van der Waals surface area contributed by atoms with Crippen LogP contribution in [0.3, 0.4) is 0 Å². The van der Waals surface area contributed by atoms with Gasteiger partial charge in [0.05, 0.1) is 6.04 Å². The maximum absolute atomic E-state index is 13.0. The highest BCUT2D eigenvalue weighted by Crippen LogP contribution is 2.75. The number of nitrogens with one attached hydrogen (secondary N) is 2. The Bertz CT molecular complexity index is 1020. The zero-order chi connectivity index (χ0) is 24.9. The highest BCUT2D eigenvalue weighted by atomic mass is 32.2. The molecular formula is C29H39N3O3S. The van der Waals surface area contributed by atoms with Gasteiger partial charge in [-0.3, -0.25) is 9.59 Å². The summed E-state index contributed by atoms with van der Waals surface area (Å²) in [6, 6.07) is 6.10. The van der Waals surface area contributed by atoms with Crippen molar-refractivity contribution in [3.63, 3.8) is 0 Å². The summed E-state index contributed by atoms with van der Waals surface area (Å²) in [5.74, 6) is 4.83. The number of rotatable bonds is 12. The molecule has 4 fully saturated rings. The van der Waals surface area contributed by atoms with E-state index in [1.807, 2.05) is 23.9 Å². The highest BCUT2D eigenvalue weighted by molar-refractivity contribution is 7.99. The van der Waals surface area contributed by atoms with Gasteiger partial charge in [-0.05, 0) is 110 Å². The van der Waals surface area contributed by atoms with Gasteiger partial charge in [-0.1, -0.05) is 6.07 Å². The van der Waals surface area contributed by atoms with Gasteiger partial charge in [0.15, 0.2) is 0 Å². The zero-order valence-corrected chi connectivity index (χ0v) is 22.2. The maximum Gasteiger partial charge on any atom is 0.255 e. The summed E-state index contributed by atoms with van der Waals surface area (Å²) >= 11 is 1.83. The van der Waals surface area contributed by atoms with Crippen LogP contribution in [0.5, 0.6) is 0 Å². The first-order valence-electron chi connectivity index (χ1n) is 14.0. The van der Waals surface area contributed by atoms with Crippen molar-refractivity contribution in [2.75, 3.05) is 19.3 Å². The predicted octanol–water partition coefficient (Wildman–Crippen LogP) is 4.02. The molecule has 1 aromatic rings. The summed E-state index contributed by atoms with van der Waals surface area (Å²) in [6.45, 7) is 1.57. The van der Waals surface area contributed by atoms with Gasteiger partial charge in [0.1, 0.15) is 6.29 Å². The smallest absolute Gasteiger partial charge is 0.255 e. The van der Waals surface area contributed by atoms with E-state index in [2.05, 4.69) is 16.7 Å². The Hall–Kier alpha value is -1.86. The molecule has 2 amide bonds. The van der Waals surface area contributed by atoms with Crippen LogP contribution in [0.15, 0.2) is 23.1 Å².